The third-order valence-corrected chi connectivity index (χ3v) is 7.12. The third-order valence-electron chi connectivity index (χ3n) is 7.12. The average molecular weight is 530 g/mol. The highest BCUT2D eigenvalue weighted by Crippen LogP contribution is 2.26. The van der Waals surface area contributed by atoms with Crippen molar-refractivity contribution in [3.8, 4) is 17.2 Å². The molecule has 0 bridgehead atoms. The van der Waals surface area contributed by atoms with E-state index in [1.807, 2.05) is 37.5 Å². The molecule has 0 unspecified atom stereocenters. The van der Waals surface area contributed by atoms with Crippen molar-refractivity contribution < 1.29 is 14.2 Å². The Labute approximate surface area is 223 Å². The Balaban J connectivity index is 1.08. The number of ether oxygens (including phenoxy) is 1. The quantitative estimate of drug-likeness (QED) is 0.345. The van der Waals surface area contributed by atoms with Crippen LogP contribution in [0.25, 0.3) is 16.7 Å². The molecule has 4 heterocycles. The third kappa shape index (κ3) is 5.31. The molecular weight excluding hydrogens is 501 g/mol. The van der Waals surface area contributed by atoms with Gasteiger partial charge in [0.25, 0.3) is 5.56 Å². The lowest BCUT2D eigenvalue weighted by molar-refractivity contribution is -0.0364. The number of nitrogens with zero attached hydrogens (tertiary/aromatic N) is 7. The molecule has 0 atom stereocenters. The molecule has 1 fully saturated rings. The normalized spacial score (nSPS) is 15.6. The topological polar surface area (TPSA) is 103 Å². The summed E-state index contributed by atoms with van der Waals surface area (Å²) < 4.78 is 23.8. The summed E-state index contributed by atoms with van der Waals surface area (Å²) in [5.41, 5.74) is 0.879. The molecule has 0 amide bonds. The van der Waals surface area contributed by atoms with Crippen LogP contribution in [0.5, 0.6) is 11.5 Å². The van der Waals surface area contributed by atoms with Crippen molar-refractivity contribution in [3.05, 3.63) is 95.2 Å². The number of benzene rings is 2. The Hall–Kier alpha value is -4.35. The van der Waals surface area contributed by atoms with Crippen molar-refractivity contribution in [3.63, 3.8) is 0 Å². The molecule has 10 nitrogen and oxygen atoms in total. The highest BCUT2D eigenvalue weighted by molar-refractivity contribution is 5.74. The van der Waals surface area contributed by atoms with Crippen LogP contribution in [0.4, 0.5) is 4.39 Å². The van der Waals surface area contributed by atoms with Gasteiger partial charge >= 0.3 is 0 Å². The average Bonchev–Trinajstić information content (AvgIpc) is 3.55. The predicted molar refractivity (Wildman–Crippen MR) is 142 cm³/mol. The zero-order valence-corrected chi connectivity index (χ0v) is 21.4. The summed E-state index contributed by atoms with van der Waals surface area (Å²) in [6, 6.07) is 13.8. The molecule has 1 N–H and O–H groups in total. The smallest absolute Gasteiger partial charge is 0.264 e. The Morgan fingerprint density at radius 2 is 1.74 bits per heavy atom. The fourth-order valence-electron chi connectivity index (χ4n) is 4.94. The summed E-state index contributed by atoms with van der Waals surface area (Å²) in [5, 5.41) is 20.0. The van der Waals surface area contributed by atoms with Gasteiger partial charge in [0.15, 0.2) is 11.4 Å². The van der Waals surface area contributed by atoms with Gasteiger partial charge in [-0.15, -0.1) is 0 Å². The van der Waals surface area contributed by atoms with Gasteiger partial charge in [-0.25, -0.2) is 14.1 Å². The SMILES string of the molecule is Cn1cc(Oc2ccc(CN3CCC(O)(Cn4cnc5c(cnn5-c5ccc(F)cc5)c4=O)CC3)cc2)cn1. The van der Waals surface area contributed by atoms with Crippen LogP contribution in [-0.4, -0.2) is 57.8 Å². The minimum Gasteiger partial charge on any atom is -0.454 e. The zero-order valence-electron chi connectivity index (χ0n) is 21.4. The Kier molecular flexibility index (Phi) is 6.45. The second kappa shape index (κ2) is 10.1. The molecule has 1 saturated heterocycles. The van der Waals surface area contributed by atoms with E-state index < -0.39 is 5.60 Å². The highest BCUT2D eigenvalue weighted by Gasteiger charge is 2.33. The van der Waals surface area contributed by atoms with Gasteiger partial charge in [-0.1, -0.05) is 12.1 Å². The number of aryl methyl sites for hydroxylation is 1. The second-order valence-electron chi connectivity index (χ2n) is 10.0. The lowest BCUT2D eigenvalue weighted by Gasteiger charge is -2.38. The molecule has 6 rings (SSSR count). The predicted octanol–water partition coefficient (Wildman–Crippen LogP) is 3.27. The summed E-state index contributed by atoms with van der Waals surface area (Å²) in [7, 11) is 1.84. The lowest BCUT2D eigenvalue weighted by atomic mass is 9.91. The van der Waals surface area contributed by atoms with Crippen LogP contribution < -0.4 is 10.3 Å². The number of hydrogen-bond acceptors (Lipinski definition) is 7. The first kappa shape index (κ1) is 25.0. The maximum absolute atomic E-state index is 13.3. The van der Waals surface area contributed by atoms with Crippen molar-refractivity contribution in [2.24, 2.45) is 7.05 Å². The zero-order chi connectivity index (χ0) is 27.0. The molecule has 200 valence electrons. The van der Waals surface area contributed by atoms with E-state index in [0.717, 1.165) is 17.9 Å². The number of aromatic nitrogens is 6. The molecule has 11 heteroatoms. The number of aliphatic hydroxyl groups is 1. The first-order valence-electron chi connectivity index (χ1n) is 12.7. The fraction of sp³-hybridized carbons (Fsp3) is 0.286. The summed E-state index contributed by atoms with van der Waals surface area (Å²) in [4.78, 5) is 19.9. The van der Waals surface area contributed by atoms with Crippen molar-refractivity contribution >= 4 is 11.0 Å². The van der Waals surface area contributed by atoms with Crippen molar-refractivity contribution in [2.45, 2.75) is 31.5 Å². The van der Waals surface area contributed by atoms with Gasteiger partial charge in [0.2, 0.25) is 0 Å². The minimum absolute atomic E-state index is 0.157. The van der Waals surface area contributed by atoms with Crippen LogP contribution in [0.3, 0.4) is 0 Å². The van der Waals surface area contributed by atoms with Crippen LogP contribution in [-0.2, 0) is 20.1 Å². The maximum Gasteiger partial charge on any atom is 0.264 e. The van der Waals surface area contributed by atoms with E-state index in [4.69, 9.17) is 4.74 Å². The van der Waals surface area contributed by atoms with Crippen molar-refractivity contribution in [1.82, 2.24) is 34.0 Å². The van der Waals surface area contributed by atoms with Gasteiger partial charge in [0.05, 0.1) is 36.4 Å². The lowest BCUT2D eigenvalue weighted by Crippen LogP contribution is -2.47. The van der Waals surface area contributed by atoms with Gasteiger partial charge in [-0.05, 0) is 54.8 Å². The Morgan fingerprint density at radius 1 is 1.00 bits per heavy atom. The number of halogens is 1. The Morgan fingerprint density at radius 3 is 2.44 bits per heavy atom. The van der Waals surface area contributed by atoms with E-state index in [0.29, 0.717) is 48.4 Å². The highest BCUT2D eigenvalue weighted by atomic mass is 19.1. The molecular formula is C28H28FN7O3. The van der Waals surface area contributed by atoms with E-state index in [-0.39, 0.29) is 17.9 Å². The second-order valence-corrected chi connectivity index (χ2v) is 10.0. The van der Waals surface area contributed by atoms with Crippen LogP contribution in [0.1, 0.15) is 18.4 Å². The van der Waals surface area contributed by atoms with Gasteiger partial charge in [-0.2, -0.15) is 10.2 Å². The minimum atomic E-state index is -1.01. The number of fused-ring (bicyclic) bond motifs is 1. The maximum atomic E-state index is 13.3. The fourth-order valence-corrected chi connectivity index (χ4v) is 4.94. The standard InChI is InChI=1S/C28H28FN7O3/c1-33-17-24(14-31-33)39-23-8-2-20(3-9-23)16-34-12-10-28(38,11-13-34)18-35-19-30-26-25(27(35)37)15-32-36(26)22-6-4-21(29)5-7-22/h2-9,14-15,17,19,38H,10-13,16,18H2,1H3. The summed E-state index contributed by atoms with van der Waals surface area (Å²) >= 11 is 0. The monoisotopic (exact) mass is 529 g/mol. The molecule has 0 radical (unpaired) electrons. The number of hydrogen-bond donors (Lipinski definition) is 1. The van der Waals surface area contributed by atoms with Crippen LogP contribution in [0, 0.1) is 5.82 Å². The molecule has 2 aromatic carbocycles. The van der Waals surface area contributed by atoms with Gasteiger partial charge < -0.3 is 9.84 Å². The molecule has 3 aromatic heterocycles. The van der Waals surface area contributed by atoms with E-state index in [1.54, 1.807) is 23.0 Å². The van der Waals surface area contributed by atoms with Gasteiger partial charge in [-0.3, -0.25) is 18.9 Å². The van der Waals surface area contributed by atoms with Crippen LogP contribution >= 0.6 is 0 Å². The van der Waals surface area contributed by atoms with E-state index in [2.05, 4.69) is 20.1 Å². The number of piperidine rings is 1. The van der Waals surface area contributed by atoms with E-state index in [1.165, 1.54) is 33.9 Å². The molecule has 0 spiro atoms. The molecule has 0 saturated carbocycles. The van der Waals surface area contributed by atoms with Crippen LogP contribution in [0.2, 0.25) is 0 Å². The molecule has 5 aromatic rings. The van der Waals surface area contributed by atoms with Gasteiger partial charge in [0.1, 0.15) is 23.3 Å². The summed E-state index contributed by atoms with van der Waals surface area (Å²) in [6.45, 7) is 2.33. The van der Waals surface area contributed by atoms with Gasteiger partial charge in [0, 0.05) is 26.7 Å². The van der Waals surface area contributed by atoms with Crippen molar-refractivity contribution in [1.29, 1.82) is 0 Å². The summed E-state index contributed by atoms with van der Waals surface area (Å²) in [5.74, 6) is 1.09. The molecule has 1 aliphatic heterocycles. The first-order valence-corrected chi connectivity index (χ1v) is 12.7. The number of likely N-dealkylation sites (tertiary alicyclic amines) is 1. The molecule has 1 aliphatic rings. The van der Waals surface area contributed by atoms with Crippen molar-refractivity contribution in [2.75, 3.05) is 13.1 Å². The van der Waals surface area contributed by atoms with E-state index >= 15 is 0 Å². The summed E-state index contributed by atoms with van der Waals surface area (Å²) in [6.07, 6.45) is 7.47. The number of rotatable bonds is 7. The Bertz CT molecular complexity index is 1650. The first-order chi connectivity index (χ1) is 18.8. The molecule has 0 aliphatic carbocycles. The molecule has 39 heavy (non-hydrogen) atoms. The van der Waals surface area contributed by atoms with E-state index in [9.17, 15) is 14.3 Å². The largest absolute Gasteiger partial charge is 0.454 e. The van der Waals surface area contributed by atoms with Crippen LogP contribution in [0.15, 0.2) is 78.2 Å².